The number of carbonyl (C=O) groups is 1. The molecule has 2 rings (SSSR count). The van der Waals surface area contributed by atoms with Crippen LogP contribution in [0.3, 0.4) is 0 Å². The summed E-state index contributed by atoms with van der Waals surface area (Å²) in [5.74, 6) is 1.28. The van der Waals surface area contributed by atoms with Gasteiger partial charge in [-0.15, -0.1) is 23.2 Å². The van der Waals surface area contributed by atoms with E-state index in [2.05, 4.69) is 46.7 Å². The van der Waals surface area contributed by atoms with Crippen LogP contribution in [-0.4, -0.2) is 124 Å². The summed E-state index contributed by atoms with van der Waals surface area (Å²) in [6, 6.07) is 7.64. The highest BCUT2D eigenvalue weighted by Crippen LogP contribution is 2.22. The minimum Gasteiger partial charge on any atom is -0.388 e. The number of aliphatic hydroxyl groups excluding tert-OH is 2. The van der Waals surface area contributed by atoms with Gasteiger partial charge in [0.2, 0.25) is 5.91 Å². The molecular weight excluding hydrogens is 863 g/mol. The van der Waals surface area contributed by atoms with Crippen LogP contribution in [0.15, 0.2) is 24.3 Å². The van der Waals surface area contributed by atoms with E-state index in [1.807, 2.05) is 0 Å². The molecule has 1 aromatic carbocycles. The van der Waals surface area contributed by atoms with Crippen molar-refractivity contribution in [1.82, 2.24) is 10.6 Å². The van der Waals surface area contributed by atoms with Gasteiger partial charge in [-0.05, 0) is 56.3 Å². The number of hydrogen-bond donors (Lipinski definition) is 5. The number of nitrogens with two attached hydrogens (primary N) is 1. The van der Waals surface area contributed by atoms with E-state index in [0.717, 1.165) is 76.8 Å². The number of unbranched alkanes of at least 4 members (excludes halogenated alkanes) is 22. The number of nitrogens with one attached hydrogen (secondary N) is 2. The van der Waals surface area contributed by atoms with Crippen molar-refractivity contribution in [3.63, 3.8) is 0 Å². The first-order valence-corrected chi connectivity index (χ1v) is 27.3. The number of aliphatic hydroxyl groups is 2. The molecule has 0 bridgehead atoms. The maximum atomic E-state index is 12.3. The molecule has 65 heavy (non-hydrogen) atoms. The maximum absolute atomic E-state index is 12.3. The van der Waals surface area contributed by atoms with E-state index in [0.29, 0.717) is 37.9 Å². The largest absolute Gasteiger partial charge is 0.388 e. The summed E-state index contributed by atoms with van der Waals surface area (Å²) in [5.41, 5.74) is 8.58. The zero-order valence-electron chi connectivity index (χ0n) is 41.2. The second-order valence-corrected chi connectivity index (χ2v) is 19.2. The summed E-state index contributed by atoms with van der Waals surface area (Å²) in [6.45, 7) is 7.15. The molecule has 1 aliphatic heterocycles. The van der Waals surface area contributed by atoms with Crippen LogP contribution in [0.2, 0.25) is 0 Å². The van der Waals surface area contributed by atoms with Gasteiger partial charge in [-0.1, -0.05) is 154 Å². The summed E-state index contributed by atoms with van der Waals surface area (Å²) < 4.78 is 23.5. The average Bonchev–Trinajstić information content (AvgIpc) is 3.31. The SMILES string of the molecule is CCCCCCCCCCCCCCCCOC[C@H](CO[C@@H]1O[C@H](CNCCCCCCCCCCCCNC(=O)CCCc2ccc(N(CCCl)CCCl)cc2)[C@@H](O)[C@H](O)[C@H]1N)OC. The highest BCUT2D eigenvalue weighted by molar-refractivity contribution is 6.18. The zero-order chi connectivity index (χ0) is 47.0. The number of alkyl halides is 2. The molecular formula is C52H96Cl2N4O7. The van der Waals surface area contributed by atoms with Gasteiger partial charge in [-0.3, -0.25) is 4.79 Å². The third-order valence-electron chi connectivity index (χ3n) is 12.8. The fourth-order valence-electron chi connectivity index (χ4n) is 8.52. The number of amides is 1. The minimum atomic E-state index is -1.14. The first-order valence-electron chi connectivity index (χ1n) is 26.3. The van der Waals surface area contributed by atoms with Gasteiger partial charge in [0.05, 0.1) is 19.3 Å². The molecule has 13 heteroatoms. The Morgan fingerprint density at radius 2 is 1.25 bits per heavy atom. The van der Waals surface area contributed by atoms with Gasteiger partial charge >= 0.3 is 0 Å². The topological polar surface area (TPSA) is 148 Å². The lowest BCUT2D eigenvalue weighted by Gasteiger charge is -2.41. The minimum absolute atomic E-state index is 0.146. The number of halogens is 2. The van der Waals surface area contributed by atoms with E-state index in [4.69, 9.17) is 47.9 Å². The molecule has 1 fully saturated rings. The van der Waals surface area contributed by atoms with Gasteiger partial charge in [-0.25, -0.2) is 0 Å². The summed E-state index contributed by atoms with van der Waals surface area (Å²) in [4.78, 5) is 14.5. The van der Waals surface area contributed by atoms with E-state index in [-0.39, 0.29) is 18.6 Å². The van der Waals surface area contributed by atoms with Crippen molar-refractivity contribution in [2.75, 3.05) is 76.3 Å². The Bertz CT molecular complexity index is 1220. The zero-order valence-corrected chi connectivity index (χ0v) is 42.7. The highest BCUT2D eigenvalue weighted by atomic mass is 35.5. The number of aryl methyl sites for hydroxylation is 1. The normalized spacial score (nSPS) is 19.2. The van der Waals surface area contributed by atoms with E-state index in [1.165, 1.54) is 128 Å². The number of ether oxygens (including phenoxy) is 4. The van der Waals surface area contributed by atoms with Crippen LogP contribution in [0, 0.1) is 0 Å². The predicted molar refractivity (Wildman–Crippen MR) is 272 cm³/mol. The molecule has 6 N–H and O–H groups in total. The van der Waals surface area contributed by atoms with Gasteiger partial charge in [0.15, 0.2) is 6.29 Å². The van der Waals surface area contributed by atoms with Crippen LogP contribution in [0.1, 0.15) is 179 Å². The molecule has 1 aromatic rings. The van der Waals surface area contributed by atoms with Crippen molar-refractivity contribution in [1.29, 1.82) is 0 Å². The van der Waals surface area contributed by atoms with Crippen LogP contribution in [0.25, 0.3) is 0 Å². The average molecular weight is 960 g/mol. The molecule has 380 valence electrons. The van der Waals surface area contributed by atoms with Crippen molar-refractivity contribution in [2.24, 2.45) is 5.73 Å². The molecule has 0 aromatic heterocycles. The number of nitrogens with zero attached hydrogens (tertiary/aromatic N) is 1. The second-order valence-electron chi connectivity index (χ2n) is 18.4. The Morgan fingerprint density at radius 3 is 1.78 bits per heavy atom. The summed E-state index contributed by atoms with van der Waals surface area (Å²) in [7, 11) is 1.64. The second kappa shape index (κ2) is 41.7. The number of anilines is 1. The quantitative estimate of drug-likeness (QED) is 0.0316. The van der Waals surface area contributed by atoms with Gasteiger partial charge in [0, 0.05) is 63.8 Å². The Morgan fingerprint density at radius 1 is 0.723 bits per heavy atom. The summed E-state index contributed by atoms with van der Waals surface area (Å²) in [5, 5.41) is 27.8. The number of benzene rings is 1. The number of rotatable bonds is 45. The van der Waals surface area contributed by atoms with E-state index in [9.17, 15) is 15.0 Å². The number of methoxy groups -OCH3 is 1. The van der Waals surface area contributed by atoms with E-state index < -0.39 is 30.6 Å². The molecule has 11 nitrogen and oxygen atoms in total. The van der Waals surface area contributed by atoms with Crippen LogP contribution in [0.4, 0.5) is 5.69 Å². The van der Waals surface area contributed by atoms with E-state index >= 15 is 0 Å². The lowest BCUT2D eigenvalue weighted by atomic mass is 9.97. The third-order valence-corrected chi connectivity index (χ3v) is 13.1. The molecule has 1 aliphatic rings. The fraction of sp³-hybridized carbons (Fsp3) is 0.865. The molecule has 0 saturated carbocycles. The predicted octanol–water partition coefficient (Wildman–Crippen LogP) is 10.2. The van der Waals surface area contributed by atoms with Crippen LogP contribution in [-0.2, 0) is 30.2 Å². The first kappa shape index (κ1) is 59.9. The molecule has 0 unspecified atom stereocenters. The molecule has 1 saturated heterocycles. The van der Waals surface area contributed by atoms with Gasteiger partial charge in [-0.2, -0.15) is 0 Å². The van der Waals surface area contributed by atoms with Gasteiger partial charge in [0.1, 0.15) is 24.4 Å². The van der Waals surface area contributed by atoms with Crippen LogP contribution in [0.5, 0.6) is 0 Å². The van der Waals surface area contributed by atoms with Crippen LogP contribution < -0.4 is 21.3 Å². The smallest absolute Gasteiger partial charge is 0.220 e. The fourth-order valence-corrected chi connectivity index (χ4v) is 8.93. The monoisotopic (exact) mass is 959 g/mol. The Balaban J connectivity index is 1.40. The lowest BCUT2D eigenvalue weighted by molar-refractivity contribution is -0.264. The molecule has 6 atom stereocenters. The standard InChI is InChI=1S/C52H96Cl2N4O7/c1-3-4-5-6-7-8-9-10-11-14-17-20-23-26-40-63-42-46(62-2)43-64-52-49(55)51(61)50(60)47(65-52)41-56-36-24-21-18-15-12-13-16-19-22-25-37-57-48(59)29-27-28-44-30-32-45(33-31-44)58(38-34-53)39-35-54/h30-33,46-47,49-52,56,60-61H,3-29,34-43,55H2,1-2H3,(H,57,59)/t46-,47-,49-,50-,51-,52-/m1/s1. The number of carbonyl (C=O) groups excluding carboxylic acids is 1. The highest BCUT2D eigenvalue weighted by Gasteiger charge is 2.43. The van der Waals surface area contributed by atoms with Crippen molar-refractivity contribution in [3.8, 4) is 0 Å². The molecule has 1 heterocycles. The van der Waals surface area contributed by atoms with Crippen molar-refractivity contribution in [3.05, 3.63) is 29.8 Å². The Hall–Kier alpha value is -1.25. The van der Waals surface area contributed by atoms with Gasteiger partial charge in [0.25, 0.3) is 0 Å². The van der Waals surface area contributed by atoms with Crippen molar-refractivity contribution >= 4 is 34.8 Å². The summed E-state index contributed by atoms with van der Waals surface area (Å²) in [6.07, 6.45) is 28.7. The van der Waals surface area contributed by atoms with Gasteiger partial charge < -0.3 is 50.4 Å². The van der Waals surface area contributed by atoms with Crippen molar-refractivity contribution in [2.45, 2.75) is 217 Å². The van der Waals surface area contributed by atoms with E-state index in [1.54, 1.807) is 7.11 Å². The molecule has 1 amide bonds. The summed E-state index contributed by atoms with van der Waals surface area (Å²) >= 11 is 11.9. The maximum Gasteiger partial charge on any atom is 0.220 e. The Kier molecular flexibility index (Phi) is 38.4. The van der Waals surface area contributed by atoms with Crippen LogP contribution >= 0.6 is 23.2 Å². The first-order chi connectivity index (χ1) is 31.8. The van der Waals surface area contributed by atoms with Crippen molar-refractivity contribution < 1.29 is 34.0 Å². The molecule has 0 spiro atoms. The lowest BCUT2D eigenvalue weighted by Crippen LogP contribution is -2.63. The molecule has 0 radical (unpaired) electrons. The Labute approximate surface area is 406 Å². The molecule has 0 aliphatic carbocycles. The number of hydrogen-bond acceptors (Lipinski definition) is 10. The third kappa shape index (κ3) is 30.1.